The third kappa shape index (κ3) is 4.56. The van der Waals surface area contributed by atoms with Crippen molar-refractivity contribution < 1.29 is 36.6 Å². The molecule has 1 N–H and O–H groups in total. The minimum atomic E-state index is -3.55. The van der Waals surface area contributed by atoms with E-state index < -0.39 is 42.2 Å². The molecule has 2 aromatic rings. The molecule has 1 aliphatic rings. The molecule has 0 bridgehead atoms. The van der Waals surface area contributed by atoms with Crippen molar-refractivity contribution in [1.29, 1.82) is 0 Å². The minimum absolute atomic E-state index is 0.0252. The summed E-state index contributed by atoms with van der Waals surface area (Å²) in [6, 6.07) is 2.90. The Bertz CT molecular complexity index is 925. The fourth-order valence-corrected chi connectivity index (χ4v) is 2.86. The van der Waals surface area contributed by atoms with Crippen molar-refractivity contribution in [3.8, 4) is 11.6 Å². The number of hydrogen-bond acceptors (Lipinski definition) is 7. The lowest BCUT2D eigenvalue weighted by Crippen LogP contribution is -2.31. The van der Waals surface area contributed by atoms with Gasteiger partial charge >= 0.3 is 18.5 Å². The van der Waals surface area contributed by atoms with Crippen LogP contribution in [0.4, 0.5) is 17.6 Å². The van der Waals surface area contributed by atoms with Crippen LogP contribution in [0.5, 0.6) is 11.6 Å². The Labute approximate surface area is 162 Å². The van der Waals surface area contributed by atoms with Crippen molar-refractivity contribution in [2.24, 2.45) is 0 Å². The molecule has 11 heteroatoms. The van der Waals surface area contributed by atoms with Crippen LogP contribution in [0.25, 0.3) is 11.0 Å². The number of methoxy groups -OCH3 is 1. The Hall–Kier alpha value is -2.95. The molecular formula is C18H17F4N3O4. The van der Waals surface area contributed by atoms with Gasteiger partial charge in [0.25, 0.3) is 0 Å². The average Bonchev–Trinajstić information content (AvgIpc) is 3.14. The number of alkyl halides is 4. The Morgan fingerprint density at radius 3 is 2.76 bits per heavy atom. The molecule has 0 aliphatic carbocycles. The Morgan fingerprint density at radius 2 is 2.10 bits per heavy atom. The van der Waals surface area contributed by atoms with Gasteiger partial charge in [0.2, 0.25) is 5.88 Å². The fourth-order valence-electron chi connectivity index (χ4n) is 2.86. The molecule has 0 saturated carbocycles. The number of carbonyl (C=O) groups is 1. The highest BCUT2D eigenvalue weighted by Gasteiger charge is 2.37. The van der Waals surface area contributed by atoms with Crippen molar-refractivity contribution in [3.05, 3.63) is 36.5 Å². The third-order valence-electron chi connectivity index (χ3n) is 4.26. The first kappa shape index (κ1) is 20.8. The van der Waals surface area contributed by atoms with Gasteiger partial charge in [0.1, 0.15) is 17.9 Å². The van der Waals surface area contributed by atoms with Gasteiger partial charge in [-0.15, -0.1) is 0 Å². The molecule has 1 aliphatic heterocycles. The van der Waals surface area contributed by atoms with E-state index in [0.29, 0.717) is 6.08 Å². The smallest absolute Gasteiger partial charge is 0.387 e. The van der Waals surface area contributed by atoms with E-state index in [1.54, 1.807) is 0 Å². The lowest BCUT2D eigenvalue weighted by Gasteiger charge is -2.19. The lowest BCUT2D eigenvalue weighted by atomic mass is 10.2. The zero-order valence-corrected chi connectivity index (χ0v) is 15.2. The van der Waals surface area contributed by atoms with E-state index in [9.17, 15) is 22.4 Å². The van der Waals surface area contributed by atoms with Gasteiger partial charge in [0, 0.05) is 19.0 Å². The van der Waals surface area contributed by atoms with Crippen molar-refractivity contribution in [2.75, 3.05) is 13.7 Å². The molecule has 2 atom stereocenters. The highest BCUT2D eigenvalue weighted by molar-refractivity contribution is 5.77. The number of esters is 1. The molecule has 0 radical (unpaired) electrons. The number of rotatable bonds is 7. The van der Waals surface area contributed by atoms with E-state index >= 15 is 0 Å². The maximum Gasteiger partial charge on any atom is 0.387 e. The van der Waals surface area contributed by atoms with Crippen molar-refractivity contribution in [2.45, 2.75) is 31.1 Å². The normalized spacial score (nSPS) is 19.4. The second-order valence-corrected chi connectivity index (χ2v) is 6.19. The molecular weight excluding hydrogens is 398 g/mol. The van der Waals surface area contributed by atoms with Crippen LogP contribution in [-0.2, 0) is 15.5 Å². The molecule has 1 fully saturated rings. The SMILES string of the molecule is C=CC(F)(F)c1nc2ccc(OC(F)F)cc2nc1O[C@H]1CN[C@H](C(=O)OC)C1. The largest absolute Gasteiger partial charge is 0.471 e. The maximum atomic E-state index is 14.3. The zero-order chi connectivity index (χ0) is 21.2. The first-order valence-corrected chi connectivity index (χ1v) is 8.50. The van der Waals surface area contributed by atoms with Gasteiger partial charge in [-0.05, 0) is 18.2 Å². The minimum Gasteiger partial charge on any atom is -0.471 e. The second kappa shape index (κ2) is 8.19. The Kier molecular flexibility index (Phi) is 5.87. The Morgan fingerprint density at radius 1 is 1.34 bits per heavy atom. The highest BCUT2D eigenvalue weighted by Crippen LogP contribution is 2.36. The van der Waals surface area contributed by atoms with Gasteiger partial charge in [-0.3, -0.25) is 4.79 Å². The zero-order valence-electron chi connectivity index (χ0n) is 15.2. The quantitative estimate of drug-likeness (QED) is 0.423. The van der Waals surface area contributed by atoms with Gasteiger partial charge < -0.3 is 19.5 Å². The number of fused-ring (bicyclic) bond motifs is 1. The van der Waals surface area contributed by atoms with E-state index in [4.69, 9.17) is 4.74 Å². The predicted octanol–water partition coefficient (Wildman–Crippen LogP) is 2.79. The summed E-state index contributed by atoms with van der Waals surface area (Å²) in [5, 5.41) is 2.86. The summed E-state index contributed by atoms with van der Waals surface area (Å²) in [7, 11) is 1.23. The van der Waals surface area contributed by atoms with Gasteiger partial charge in [-0.2, -0.15) is 17.6 Å². The Balaban J connectivity index is 1.97. The summed E-state index contributed by atoms with van der Waals surface area (Å²) in [5.41, 5.74) is -0.714. The maximum absolute atomic E-state index is 14.3. The highest BCUT2D eigenvalue weighted by atomic mass is 19.3. The number of allylic oxidation sites excluding steroid dienone is 1. The fraction of sp³-hybridized carbons (Fsp3) is 0.389. The van der Waals surface area contributed by atoms with Gasteiger partial charge in [-0.1, -0.05) is 6.58 Å². The summed E-state index contributed by atoms with van der Waals surface area (Å²) in [6.45, 7) is 0.237. The van der Waals surface area contributed by atoms with Gasteiger partial charge in [0.15, 0.2) is 5.69 Å². The van der Waals surface area contributed by atoms with Crippen LogP contribution in [-0.4, -0.2) is 48.3 Å². The third-order valence-corrected chi connectivity index (χ3v) is 4.26. The lowest BCUT2D eigenvalue weighted by molar-refractivity contribution is -0.142. The summed E-state index contributed by atoms with van der Waals surface area (Å²) < 4.78 is 68.1. The molecule has 156 valence electrons. The van der Waals surface area contributed by atoms with Crippen LogP contribution >= 0.6 is 0 Å². The van der Waals surface area contributed by atoms with Crippen LogP contribution < -0.4 is 14.8 Å². The summed E-state index contributed by atoms with van der Waals surface area (Å²) in [4.78, 5) is 19.5. The molecule has 0 unspecified atom stereocenters. The molecule has 1 saturated heterocycles. The van der Waals surface area contributed by atoms with E-state index in [1.165, 1.54) is 19.2 Å². The number of nitrogens with zero attached hydrogens (tertiary/aromatic N) is 2. The van der Waals surface area contributed by atoms with Gasteiger partial charge in [0.05, 0.1) is 18.1 Å². The van der Waals surface area contributed by atoms with E-state index in [0.717, 1.165) is 6.07 Å². The monoisotopic (exact) mass is 415 g/mol. The molecule has 7 nitrogen and oxygen atoms in total. The first-order valence-electron chi connectivity index (χ1n) is 8.50. The topological polar surface area (TPSA) is 82.6 Å². The number of ether oxygens (including phenoxy) is 3. The molecule has 0 amide bonds. The second-order valence-electron chi connectivity index (χ2n) is 6.19. The van der Waals surface area contributed by atoms with E-state index in [-0.39, 0.29) is 29.7 Å². The molecule has 1 aromatic carbocycles. The van der Waals surface area contributed by atoms with E-state index in [1.807, 2.05) is 0 Å². The summed E-state index contributed by atoms with van der Waals surface area (Å²) in [6.07, 6.45) is -0.0977. The van der Waals surface area contributed by atoms with Crippen LogP contribution in [0, 0.1) is 0 Å². The number of carbonyl (C=O) groups excluding carboxylic acids is 1. The number of aromatic nitrogens is 2. The summed E-state index contributed by atoms with van der Waals surface area (Å²) in [5.74, 6) is -4.76. The molecule has 3 rings (SSSR count). The number of halogens is 4. The standard InChI is InChI=1S/C18H17F4N3O4/c1-3-18(21,22)14-15(28-10-7-13(23-8-10)16(26)27-2)25-12-6-9(29-17(19)20)4-5-11(12)24-14/h3-6,10,13,17,23H,1,7-8H2,2H3/t10-,13+/m1/s1. The van der Waals surface area contributed by atoms with Crippen LogP contribution in [0.3, 0.4) is 0 Å². The van der Waals surface area contributed by atoms with E-state index in [2.05, 4.69) is 31.3 Å². The predicted molar refractivity (Wildman–Crippen MR) is 93.1 cm³/mol. The van der Waals surface area contributed by atoms with Crippen molar-refractivity contribution in [1.82, 2.24) is 15.3 Å². The number of hydrogen-bond donors (Lipinski definition) is 1. The van der Waals surface area contributed by atoms with Crippen LogP contribution in [0.2, 0.25) is 0 Å². The van der Waals surface area contributed by atoms with Crippen molar-refractivity contribution >= 4 is 17.0 Å². The summed E-state index contributed by atoms with van der Waals surface area (Å²) >= 11 is 0. The first-order chi connectivity index (χ1) is 13.7. The molecule has 0 spiro atoms. The molecule has 1 aromatic heterocycles. The average molecular weight is 415 g/mol. The molecule has 29 heavy (non-hydrogen) atoms. The van der Waals surface area contributed by atoms with Crippen molar-refractivity contribution in [3.63, 3.8) is 0 Å². The van der Waals surface area contributed by atoms with Crippen LogP contribution in [0.15, 0.2) is 30.9 Å². The number of benzene rings is 1. The van der Waals surface area contributed by atoms with Gasteiger partial charge in [-0.25, -0.2) is 9.97 Å². The molecule has 2 heterocycles. The number of nitrogens with one attached hydrogen (secondary N) is 1. The van der Waals surface area contributed by atoms with Crippen LogP contribution in [0.1, 0.15) is 12.1 Å².